The van der Waals surface area contributed by atoms with E-state index < -0.39 is 11.3 Å². The molecule has 7 nitrogen and oxygen atoms in total. The summed E-state index contributed by atoms with van der Waals surface area (Å²) >= 11 is 0. The summed E-state index contributed by atoms with van der Waals surface area (Å²) in [7, 11) is 3.11. The van der Waals surface area contributed by atoms with Gasteiger partial charge >= 0.3 is 0 Å². The number of benzene rings is 2. The Morgan fingerprint density at radius 2 is 1.79 bits per heavy atom. The Hall–Kier alpha value is -4.25. The maximum atomic E-state index is 10.3. The van der Waals surface area contributed by atoms with E-state index in [4.69, 9.17) is 15.2 Å². The summed E-state index contributed by atoms with van der Waals surface area (Å²) in [5.41, 5.74) is 7.51. The van der Waals surface area contributed by atoms with Gasteiger partial charge in [-0.05, 0) is 29.3 Å². The first-order chi connectivity index (χ1) is 16.5. The molecule has 1 aliphatic heterocycles. The monoisotopic (exact) mass is 451 g/mol. The lowest BCUT2D eigenvalue weighted by Crippen LogP contribution is -2.48. The first-order valence-corrected chi connectivity index (χ1v) is 10.9. The molecule has 0 unspecified atom stereocenters. The fraction of sp³-hybridized carbons (Fsp3) is 0.296. The zero-order valence-corrected chi connectivity index (χ0v) is 19.2. The van der Waals surface area contributed by atoms with E-state index in [2.05, 4.69) is 35.2 Å². The van der Waals surface area contributed by atoms with E-state index in [1.165, 1.54) is 0 Å². The van der Waals surface area contributed by atoms with Crippen LogP contribution in [-0.4, -0.2) is 32.2 Å². The summed E-state index contributed by atoms with van der Waals surface area (Å²) in [5.74, 6) is 0.138. The van der Waals surface area contributed by atoms with Crippen molar-refractivity contribution in [1.29, 1.82) is 15.8 Å². The molecular weight excluding hydrogens is 426 g/mol. The average Bonchev–Trinajstić information content (AvgIpc) is 2.88. The molecular formula is C27H25N5O2. The molecule has 0 bridgehead atoms. The van der Waals surface area contributed by atoms with Crippen LogP contribution in [0, 0.1) is 45.3 Å². The minimum absolute atomic E-state index is 0.00566. The summed E-state index contributed by atoms with van der Waals surface area (Å²) in [6, 6.07) is 22.0. The lowest BCUT2D eigenvalue weighted by molar-refractivity contribution is 0.199. The van der Waals surface area contributed by atoms with E-state index in [0.717, 1.165) is 11.1 Å². The lowest BCUT2D eigenvalue weighted by Gasteiger charge is -2.45. The molecule has 170 valence electrons. The molecule has 0 amide bonds. The number of methoxy groups -OCH3 is 2. The van der Waals surface area contributed by atoms with Gasteiger partial charge in [-0.2, -0.15) is 15.8 Å². The minimum Gasteiger partial charge on any atom is -0.497 e. The predicted molar refractivity (Wildman–Crippen MR) is 126 cm³/mol. The molecule has 0 aromatic heterocycles. The van der Waals surface area contributed by atoms with Gasteiger partial charge in [-0.1, -0.05) is 36.4 Å². The summed E-state index contributed by atoms with van der Waals surface area (Å²) in [6.07, 6.45) is 2.00. The average molecular weight is 452 g/mol. The maximum Gasteiger partial charge on any atom is 0.191 e. The SMILES string of the molecule is COc1ccc(OC)c([C@@H]2[C@@H]3CN(Cc4ccccc4)CC=C3C(C#N)=C(N)C2(C#N)C#N)c1. The molecule has 0 saturated heterocycles. The number of rotatable bonds is 5. The number of hydrogen-bond acceptors (Lipinski definition) is 7. The van der Waals surface area contributed by atoms with Crippen molar-refractivity contribution >= 4 is 0 Å². The Kier molecular flexibility index (Phi) is 6.28. The standard InChI is InChI=1S/C27H25N5O2/c1-33-19-8-9-24(34-2)21(12-19)25-23-15-32(14-18-6-4-3-5-7-18)11-10-20(23)22(13-28)26(31)27(25,16-29)17-30/h3-10,12,23,25H,11,14-15,31H2,1-2H3/t23-,25-/m1/s1. The van der Waals surface area contributed by atoms with Crippen LogP contribution in [0.2, 0.25) is 0 Å². The lowest BCUT2D eigenvalue weighted by atomic mass is 9.58. The second-order valence-electron chi connectivity index (χ2n) is 8.46. The summed E-state index contributed by atoms with van der Waals surface area (Å²) in [6.45, 7) is 1.89. The quantitative estimate of drug-likeness (QED) is 0.737. The van der Waals surface area contributed by atoms with E-state index in [9.17, 15) is 15.8 Å². The van der Waals surface area contributed by atoms with Crippen LogP contribution in [-0.2, 0) is 6.54 Å². The third kappa shape index (κ3) is 3.65. The van der Waals surface area contributed by atoms with Gasteiger partial charge in [0, 0.05) is 37.0 Å². The third-order valence-corrected chi connectivity index (χ3v) is 6.76. The Labute approximate surface area is 199 Å². The Balaban J connectivity index is 1.91. The highest BCUT2D eigenvalue weighted by Crippen LogP contribution is 2.56. The van der Waals surface area contributed by atoms with Gasteiger partial charge in [-0.3, -0.25) is 4.90 Å². The van der Waals surface area contributed by atoms with E-state index in [-0.39, 0.29) is 17.2 Å². The van der Waals surface area contributed by atoms with E-state index in [1.807, 2.05) is 24.3 Å². The van der Waals surface area contributed by atoms with E-state index in [0.29, 0.717) is 36.7 Å². The Morgan fingerprint density at radius 1 is 1.06 bits per heavy atom. The van der Waals surface area contributed by atoms with Crippen LogP contribution in [0.4, 0.5) is 0 Å². The van der Waals surface area contributed by atoms with Gasteiger partial charge < -0.3 is 15.2 Å². The van der Waals surface area contributed by atoms with E-state index in [1.54, 1.807) is 32.4 Å². The fourth-order valence-electron chi connectivity index (χ4n) is 5.14. The van der Waals surface area contributed by atoms with Crippen molar-refractivity contribution in [3.63, 3.8) is 0 Å². The Morgan fingerprint density at radius 3 is 2.41 bits per heavy atom. The number of fused-ring (bicyclic) bond motifs is 1. The molecule has 2 aliphatic rings. The fourth-order valence-corrected chi connectivity index (χ4v) is 5.14. The number of nitriles is 3. The largest absolute Gasteiger partial charge is 0.497 e. The van der Waals surface area contributed by atoms with Gasteiger partial charge in [-0.25, -0.2) is 0 Å². The molecule has 4 rings (SSSR count). The van der Waals surface area contributed by atoms with Crippen molar-refractivity contribution in [2.75, 3.05) is 27.3 Å². The number of nitrogens with two attached hydrogens (primary N) is 1. The summed E-state index contributed by atoms with van der Waals surface area (Å²) in [5, 5.41) is 30.6. The second-order valence-corrected chi connectivity index (χ2v) is 8.46. The number of nitrogens with zero attached hydrogens (tertiary/aromatic N) is 4. The normalized spacial score (nSPS) is 21.3. The highest BCUT2D eigenvalue weighted by Gasteiger charge is 2.55. The molecule has 0 fully saturated rings. The van der Waals surface area contributed by atoms with Crippen LogP contribution in [0.15, 0.2) is 71.5 Å². The molecule has 7 heteroatoms. The van der Waals surface area contributed by atoms with Gasteiger partial charge in [0.1, 0.15) is 17.6 Å². The van der Waals surface area contributed by atoms with Crippen LogP contribution < -0.4 is 15.2 Å². The van der Waals surface area contributed by atoms with E-state index >= 15 is 0 Å². The Bertz CT molecular complexity index is 1260. The zero-order valence-electron chi connectivity index (χ0n) is 19.2. The molecule has 2 atom stereocenters. The maximum absolute atomic E-state index is 10.3. The summed E-state index contributed by atoms with van der Waals surface area (Å²) < 4.78 is 11.1. The van der Waals surface area contributed by atoms with Crippen LogP contribution >= 0.6 is 0 Å². The molecule has 2 N–H and O–H groups in total. The van der Waals surface area contributed by atoms with Crippen LogP contribution in [0.1, 0.15) is 17.0 Å². The van der Waals surface area contributed by atoms with Crippen molar-refractivity contribution in [2.24, 2.45) is 17.1 Å². The zero-order chi connectivity index (χ0) is 24.3. The van der Waals surface area contributed by atoms with Gasteiger partial charge in [0.15, 0.2) is 5.41 Å². The van der Waals surface area contributed by atoms with Gasteiger partial charge in [0.25, 0.3) is 0 Å². The highest BCUT2D eigenvalue weighted by molar-refractivity contribution is 5.61. The molecule has 2 aromatic carbocycles. The smallest absolute Gasteiger partial charge is 0.191 e. The topological polar surface area (TPSA) is 119 Å². The molecule has 2 aromatic rings. The van der Waals surface area contributed by atoms with Crippen molar-refractivity contribution in [2.45, 2.75) is 12.5 Å². The first kappa shape index (κ1) is 22.9. The second kappa shape index (κ2) is 9.32. The molecule has 1 heterocycles. The molecule has 34 heavy (non-hydrogen) atoms. The van der Waals surface area contributed by atoms with Crippen molar-refractivity contribution in [3.05, 3.63) is 82.6 Å². The first-order valence-electron chi connectivity index (χ1n) is 10.9. The van der Waals surface area contributed by atoms with Gasteiger partial charge in [0.05, 0.1) is 37.6 Å². The van der Waals surface area contributed by atoms with Crippen LogP contribution in [0.5, 0.6) is 11.5 Å². The number of hydrogen-bond donors (Lipinski definition) is 1. The molecule has 0 radical (unpaired) electrons. The molecule has 0 saturated carbocycles. The van der Waals surface area contributed by atoms with Crippen molar-refractivity contribution in [3.8, 4) is 29.7 Å². The molecule has 0 spiro atoms. The number of allylic oxidation sites excluding steroid dienone is 2. The third-order valence-electron chi connectivity index (χ3n) is 6.76. The van der Waals surface area contributed by atoms with Crippen LogP contribution in [0.3, 0.4) is 0 Å². The van der Waals surface area contributed by atoms with Gasteiger partial charge in [-0.15, -0.1) is 0 Å². The highest BCUT2D eigenvalue weighted by atomic mass is 16.5. The van der Waals surface area contributed by atoms with Crippen LogP contribution in [0.25, 0.3) is 0 Å². The summed E-state index contributed by atoms with van der Waals surface area (Å²) in [4.78, 5) is 2.25. The molecule has 1 aliphatic carbocycles. The van der Waals surface area contributed by atoms with Crippen molar-refractivity contribution < 1.29 is 9.47 Å². The van der Waals surface area contributed by atoms with Crippen molar-refractivity contribution in [1.82, 2.24) is 4.90 Å². The number of ether oxygens (including phenoxy) is 2. The minimum atomic E-state index is -1.73. The van der Waals surface area contributed by atoms with Gasteiger partial charge in [0.2, 0.25) is 0 Å². The predicted octanol–water partition coefficient (Wildman–Crippen LogP) is 3.63.